The number of allylic oxidation sites excluding steroid dienone is 1. The molecule has 2 saturated carbocycles. The van der Waals surface area contributed by atoms with Gasteiger partial charge in [-0.3, -0.25) is 0 Å². The second-order valence-electron chi connectivity index (χ2n) is 7.05. The van der Waals surface area contributed by atoms with E-state index in [0.29, 0.717) is 23.2 Å². The van der Waals surface area contributed by atoms with E-state index in [4.69, 9.17) is 0 Å². The van der Waals surface area contributed by atoms with E-state index in [-0.39, 0.29) is 0 Å². The summed E-state index contributed by atoms with van der Waals surface area (Å²) in [5.74, 6) is 1.19. The molecular weight excluding hydrogens is 208 g/mol. The molecule has 1 nitrogen and oxygen atoms in total. The third-order valence-corrected chi connectivity index (χ3v) is 5.65. The average Bonchev–Trinajstić information content (AvgIpc) is 2.22. The lowest BCUT2D eigenvalue weighted by atomic mass is 9.47. The van der Waals surface area contributed by atoms with E-state index in [1.54, 1.807) is 0 Å². The maximum Gasteiger partial charge on any atom is 0.120 e. The fraction of sp³-hybridized carbons (Fsp3) is 0.812. The lowest BCUT2D eigenvalue weighted by Gasteiger charge is -2.57. The quantitative estimate of drug-likeness (QED) is 0.512. The number of carbonyl (C=O) groups is 1. The van der Waals surface area contributed by atoms with Gasteiger partial charge in [-0.15, -0.1) is 0 Å². The molecule has 0 spiro atoms. The van der Waals surface area contributed by atoms with Crippen molar-refractivity contribution < 1.29 is 4.79 Å². The Morgan fingerprint density at radius 3 is 2.71 bits per heavy atom. The molecule has 3 atom stereocenters. The van der Waals surface area contributed by atoms with Crippen molar-refractivity contribution in [3.05, 3.63) is 12.2 Å². The molecule has 0 N–H and O–H groups in total. The van der Waals surface area contributed by atoms with Crippen LogP contribution in [-0.2, 0) is 4.79 Å². The standard InChI is InChI=1S/C16H26O/c1-12-6-7-14-15(2,3)9-5-10-16(14,4)13(12)8-11-17/h11,13-14H,1,5-10H2,2-4H3/t13-,14-,16-/m0/s1. The smallest absolute Gasteiger partial charge is 0.120 e. The number of hydrogen-bond donors (Lipinski definition) is 0. The highest BCUT2D eigenvalue weighted by atomic mass is 16.1. The van der Waals surface area contributed by atoms with Crippen molar-refractivity contribution in [1.29, 1.82) is 0 Å². The zero-order valence-corrected chi connectivity index (χ0v) is 11.6. The van der Waals surface area contributed by atoms with E-state index in [2.05, 4.69) is 27.4 Å². The molecular formula is C16H26O. The SMILES string of the molecule is C=C1CC[C@H]2C(C)(C)CCC[C@@]2(C)[C@H]1CC=O. The number of fused-ring (bicyclic) bond motifs is 1. The third-order valence-electron chi connectivity index (χ3n) is 5.65. The molecule has 96 valence electrons. The van der Waals surface area contributed by atoms with Gasteiger partial charge in [-0.05, 0) is 48.3 Å². The van der Waals surface area contributed by atoms with Gasteiger partial charge in [-0.1, -0.05) is 39.3 Å². The van der Waals surface area contributed by atoms with Crippen molar-refractivity contribution >= 4 is 6.29 Å². The first kappa shape index (κ1) is 12.9. The summed E-state index contributed by atoms with van der Waals surface area (Å²) in [6, 6.07) is 0. The van der Waals surface area contributed by atoms with Crippen LogP contribution in [0.2, 0.25) is 0 Å². The third kappa shape index (κ3) is 1.98. The predicted molar refractivity (Wildman–Crippen MR) is 71.8 cm³/mol. The summed E-state index contributed by atoms with van der Waals surface area (Å²) >= 11 is 0. The molecule has 2 rings (SSSR count). The molecule has 0 aromatic rings. The molecule has 17 heavy (non-hydrogen) atoms. The first-order chi connectivity index (χ1) is 7.92. The van der Waals surface area contributed by atoms with Crippen LogP contribution in [0.4, 0.5) is 0 Å². The molecule has 0 bridgehead atoms. The summed E-state index contributed by atoms with van der Waals surface area (Å²) in [5, 5.41) is 0. The molecule has 0 aromatic carbocycles. The number of aldehydes is 1. The molecule has 0 amide bonds. The van der Waals surface area contributed by atoms with Crippen molar-refractivity contribution in [2.45, 2.75) is 59.3 Å². The summed E-state index contributed by atoms with van der Waals surface area (Å²) in [7, 11) is 0. The van der Waals surface area contributed by atoms with Gasteiger partial charge in [0.25, 0.3) is 0 Å². The van der Waals surface area contributed by atoms with Crippen molar-refractivity contribution in [3.8, 4) is 0 Å². The molecule has 1 heteroatoms. The van der Waals surface area contributed by atoms with Crippen LogP contribution in [-0.4, -0.2) is 6.29 Å². The fourth-order valence-corrected chi connectivity index (χ4v) is 4.81. The minimum absolute atomic E-state index is 0.317. The highest BCUT2D eigenvalue weighted by Gasteiger charge is 2.52. The fourth-order valence-electron chi connectivity index (χ4n) is 4.81. The molecule has 0 aromatic heterocycles. The van der Waals surface area contributed by atoms with Gasteiger partial charge in [-0.25, -0.2) is 0 Å². The zero-order valence-electron chi connectivity index (χ0n) is 11.6. The van der Waals surface area contributed by atoms with Crippen molar-refractivity contribution in [3.63, 3.8) is 0 Å². The Kier molecular flexibility index (Phi) is 3.22. The van der Waals surface area contributed by atoms with E-state index >= 15 is 0 Å². The van der Waals surface area contributed by atoms with E-state index in [0.717, 1.165) is 18.6 Å². The Bertz CT molecular complexity index is 328. The molecule has 2 aliphatic carbocycles. The van der Waals surface area contributed by atoms with Gasteiger partial charge in [0.1, 0.15) is 6.29 Å². The van der Waals surface area contributed by atoms with Crippen LogP contribution in [0, 0.1) is 22.7 Å². The number of hydrogen-bond acceptors (Lipinski definition) is 1. The van der Waals surface area contributed by atoms with Crippen LogP contribution < -0.4 is 0 Å². The van der Waals surface area contributed by atoms with E-state index < -0.39 is 0 Å². The van der Waals surface area contributed by atoms with E-state index in [9.17, 15) is 4.79 Å². The summed E-state index contributed by atoms with van der Waals surface area (Å²) in [6.07, 6.45) is 8.11. The Balaban J connectivity index is 2.34. The maximum absolute atomic E-state index is 11.0. The van der Waals surface area contributed by atoms with E-state index in [1.165, 1.54) is 31.3 Å². The average molecular weight is 234 g/mol. The van der Waals surface area contributed by atoms with Crippen LogP contribution in [0.1, 0.15) is 59.3 Å². The number of rotatable bonds is 2. The Morgan fingerprint density at radius 2 is 2.06 bits per heavy atom. The van der Waals surface area contributed by atoms with Crippen molar-refractivity contribution in [1.82, 2.24) is 0 Å². The summed E-state index contributed by atoms with van der Waals surface area (Å²) in [5.41, 5.74) is 2.08. The van der Waals surface area contributed by atoms with Crippen molar-refractivity contribution in [2.75, 3.05) is 0 Å². The van der Waals surface area contributed by atoms with Gasteiger partial charge in [-0.2, -0.15) is 0 Å². The van der Waals surface area contributed by atoms with E-state index in [1.807, 2.05) is 0 Å². The minimum atomic E-state index is 0.317. The van der Waals surface area contributed by atoms with Gasteiger partial charge in [0, 0.05) is 6.42 Å². The van der Waals surface area contributed by atoms with Gasteiger partial charge in [0.15, 0.2) is 0 Å². The largest absolute Gasteiger partial charge is 0.303 e. The first-order valence-corrected chi connectivity index (χ1v) is 7.03. The van der Waals surface area contributed by atoms with Gasteiger partial charge in [0.05, 0.1) is 0 Å². The van der Waals surface area contributed by atoms with Gasteiger partial charge < -0.3 is 4.79 Å². The molecule has 0 aliphatic heterocycles. The maximum atomic E-state index is 11.0. The van der Waals surface area contributed by atoms with Crippen molar-refractivity contribution in [2.24, 2.45) is 22.7 Å². The molecule has 0 unspecified atom stereocenters. The Hall–Kier alpha value is -0.590. The molecule has 0 heterocycles. The lowest BCUT2D eigenvalue weighted by molar-refractivity contribution is -0.112. The highest BCUT2D eigenvalue weighted by molar-refractivity contribution is 5.51. The van der Waals surface area contributed by atoms with Gasteiger partial charge in [0.2, 0.25) is 0 Å². The topological polar surface area (TPSA) is 17.1 Å². The molecule has 0 saturated heterocycles. The number of carbonyl (C=O) groups excluding carboxylic acids is 1. The Morgan fingerprint density at radius 1 is 1.35 bits per heavy atom. The summed E-state index contributed by atoms with van der Waals surface area (Å²) in [4.78, 5) is 11.0. The van der Waals surface area contributed by atoms with Crippen LogP contribution in [0.25, 0.3) is 0 Å². The monoisotopic (exact) mass is 234 g/mol. The second kappa shape index (κ2) is 4.26. The highest BCUT2D eigenvalue weighted by Crippen LogP contribution is 2.61. The summed E-state index contributed by atoms with van der Waals surface area (Å²) < 4.78 is 0. The van der Waals surface area contributed by atoms with Crippen LogP contribution >= 0.6 is 0 Å². The van der Waals surface area contributed by atoms with Crippen LogP contribution in [0.5, 0.6) is 0 Å². The summed E-state index contributed by atoms with van der Waals surface area (Å²) in [6.45, 7) is 11.5. The molecule has 2 aliphatic rings. The van der Waals surface area contributed by atoms with Crippen LogP contribution in [0.15, 0.2) is 12.2 Å². The zero-order chi connectivity index (χ0) is 12.7. The molecule has 0 radical (unpaired) electrons. The second-order valence-corrected chi connectivity index (χ2v) is 7.05. The van der Waals surface area contributed by atoms with Gasteiger partial charge >= 0.3 is 0 Å². The van der Waals surface area contributed by atoms with Crippen LogP contribution in [0.3, 0.4) is 0 Å². The lowest BCUT2D eigenvalue weighted by Crippen LogP contribution is -2.49. The first-order valence-electron chi connectivity index (χ1n) is 7.03. The normalized spacial score (nSPS) is 40.8. The Labute approximate surface area is 106 Å². The molecule has 2 fully saturated rings. The minimum Gasteiger partial charge on any atom is -0.303 e. The predicted octanol–water partition coefficient (Wildman–Crippen LogP) is 4.37.